The van der Waals surface area contributed by atoms with Gasteiger partial charge in [0, 0.05) is 29.7 Å². The summed E-state index contributed by atoms with van der Waals surface area (Å²) in [5.41, 5.74) is 6.79. The number of aryl methyl sites for hydroxylation is 1. The Bertz CT molecular complexity index is 1350. The summed E-state index contributed by atoms with van der Waals surface area (Å²) in [6.07, 6.45) is 4.97. The highest BCUT2D eigenvalue weighted by atomic mass is 16.5. The number of aliphatic carboxylic acids is 1. The van der Waals surface area contributed by atoms with Gasteiger partial charge in [0.2, 0.25) is 0 Å². The molecule has 2 N–H and O–H groups in total. The van der Waals surface area contributed by atoms with Gasteiger partial charge in [-0.25, -0.2) is 0 Å². The molecule has 0 saturated carbocycles. The topological polar surface area (TPSA) is 80.9 Å². The fourth-order valence-corrected chi connectivity index (χ4v) is 4.71. The predicted octanol–water partition coefficient (Wildman–Crippen LogP) is 6.46. The van der Waals surface area contributed by atoms with Crippen LogP contribution >= 0.6 is 0 Å². The van der Waals surface area contributed by atoms with E-state index in [1.807, 2.05) is 12.1 Å². The molecule has 1 aliphatic rings. The van der Waals surface area contributed by atoms with Crippen LogP contribution in [0.2, 0.25) is 0 Å². The van der Waals surface area contributed by atoms with Crippen molar-refractivity contribution in [2.75, 3.05) is 18.5 Å². The lowest BCUT2D eigenvalue weighted by atomic mass is 9.99. The summed E-state index contributed by atoms with van der Waals surface area (Å²) in [6.45, 7) is 3.97. The van der Waals surface area contributed by atoms with E-state index >= 15 is 0 Å². The molecule has 1 aliphatic heterocycles. The number of carbonyl (C=O) groups is 1. The zero-order valence-corrected chi connectivity index (χ0v) is 20.5. The summed E-state index contributed by atoms with van der Waals surface area (Å²) in [6, 6.07) is 20.1. The molecule has 6 heteroatoms. The van der Waals surface area contributed by atoms with Crippen molar-refractivity contribution in [1.82, 2.24) is 0 Å². The van der Waals surface area contributed by atoms with Crippen LogP contribution in [0.25, 0.3) is 22.1 Å². The van der Waals surface area contributed by atoms with Crippen molar-refractivity contribution in [2.24, 2.45) is 0 Å². The third-order valence-corrected chi connectivity index (χ3v) is 6.66. The van der Waals surface area contributed by atoms with E-state index in [2.05, 4.69) is 48.6 Å². The molecule has 1 unspecified atom stereocenters. The van der Waals surface area contributed by atoms with Gasteiger partial charge in [-0.05, 0) is 54.2 Å². The van der Waals surface area contributed by atoms with Crippen molar-refractivity contribution >= 4 is 22.6 Å². The normalized spacial score (nSPS) is 15.3. The number of rotatable bonds is 10. The van der Waals surface area contributed by atoms with E-state index in [0.29, 0.717) is 11.3 Å². The molecule has 1 aromatic heterocycles. The zero-order chi connectivity index (χ0) is 24.9. The Hall–Kier alpha value is -3.77. The van der Waals surface area contributed by atoms with Crippen molar-refractivity contribution in [1.29, 1.82) is 0 Å². The molecule has 0 radical (unpaired) electrons. The number of furan rings is 1. The van der Waals surface area contributed by atoms with Crippen molar-refractivity contribution in [3.63, 3.8) is 0 Å². The second kappa shape index (κ2) is 10.9. The number of carboxylic acids is 1. The molecule has 186 valence electrons. The molecule has 0 amide bonds. The minimum absolute atomic E-state index is 0.0858. The number of anilines is 1. The maximum absolute atomic E-state index is 11.3. The third kappa shape index (κ3) is 5.39. The summed E-state index contributed by atoms with van der Waals surface area (Å²) in [4.78, 5) is 11.3. The van der Waals surface area contributed by atoms with Gasteiger partial charge in [0.25, 0.3) is 0 Å². The lowest BCUT2D eigenvalue weighted by molar-refractivity contribution is -0.136. The molecule has 1 atom stereocenters. The Kier molecular flexibility index (Phi) is 7.23. The Morgan fingerprint density at radius 3 is 2.78 bits per heavy atom. The van der Waals surface area contributed by atoms with E-state index in [-0.39, 0.29) is 19.1 Å². The molecule has 5 rings (SSSR count). The van der Waals surface area contributed by atoms with Crippen molar-refractivity contribution in [3.05, 3.63) is 83.6 Å². The number of fused-ring (bicyclic) bond motifs is 1. The predicted molar refractivity (Wildman–Crippen MR) is 141 cm³/mol. The average molecular weight is 486 g/mol. The standard InChI is InChI=1S/C30H31NO5/c1-2-20-7-5-9-21(13-20)23-14-26-24(18-35-28-11-4-3-8-22(28)16-29(32)33)19-36-30(26)27(15-23)31-17-25-10-6-12-34-25/h3-5,7-9,11,13-15,19,25,31H,2,6,10,12,16-18H2,1H3,(H,32,33). The van der Waals surface area contributed by atoms with Crippen LogP contribution in [-0.4, -0.2) is 30.3 Å². The first kappa shape index (κ1) is 23.9. The highest BCUT2D eigenvalue weighted by molar-refractivity contribution is 5.96. The fourth-order valence-electron chi connectivity index (χ4n) is 4.71. The highest BCUT2D eigenvalue weighted by Gasteiger charge is 2.18. The van der Waals surface area contributed by atoms with Crippen LogP contribution in [0.15, 0.2) is 71.3 Å². The number of nitrogens with one attached hydrogen (secondary N) is 1. The van der Waals surface area contributed by atoms with E-state index in [9.17, 15) is 9.90 Å². The Labute approximate surface area is 210 Å². The first-order valence-electron chi connectivity index (χ1n) is 12.5. The quantitative estimate of drug-likeness (QED) is 0.268. The number of carboxylic acid groups (broad SMARTS) is 1. The first-order chi connectivity index (χ1) is 17.6. The molecule has 0 aliphatic carbocycles. The van der Waals surface area contributed by atoms with Gasteiger partial charge in [0.15, 0.2) is 5.58 Å². The Morgan fingerprint density at radius 2 is 1.97 bits per heavy atom. The molecular formula is C30H31NO5. The van der Waals surface area contributed by atoms with Crippen LogP contribution in [0.5, 0.6) is 5.75 Å². The van der Waals surface area contributed by atoms with E-state index < -0.39 is 5.97 Å². The van der Waals surface area contributed by atoms with Crippen molar-refractivity contribution in [3.8, 4) is 16.9 Å². The number of hydrogen-bond donors (Lipinski definition) is 2. The second-order valence-electron chi connectivity index (χ2n) is 9.20. The van der Waals surface area contributed by atoms with Gasteiger partial charge in [0.05, 0.1) is 24.5 Å². The monoisotopic (exact) mass is 485 g/mol. The molecule has 3 aromatic carbocycles. The molecule has 0 bridgehead atoms. The fraction of sp³-hybridized carbons (Fsp3) is 0.300. The number of benzene rings is 3. The average Bonchev–Trinajstić information content (AvgIpc) is 3.56. The van der Waals surface area contributed by atoms with Crippen LogP contribution in [0.3, 0.4) is 0 Å². The van der Waals surface area contributed by atoms with Gasteiger partial charge >= 0.3 is 5.97 Å². The first-order valence-corrected chi connectivity index (χ1v) is 12.5. The van der Waals surface area contributed by atoms with Gasteiger partial charge in [-0.15, -0.1) is 0 Å². The maximum atomic E-state index is 11.3. The number of para-hydroxylation sites is 1. The van der Waals surface area contributed by atoms with Crippen LogP contribution in [-0.2, 0) is 29.0 Å². The van der Waals surface area contributed by atoms with Gasteiger partial charge in [-0.2, -0.15) is 0 Å². The minimum Gasteiger partial charge on any atom is -0.488 e. The SMILES string of the molecule is CCc1cccc(-c2cc(NCC3CCCO3)c3occ(COc4ccccc4CC(=O)O)c3c2)c1. The Morgan fingerprint density at radius 1 is 1.08 bits per heavy atom. The third-order valence-electron chi connectivity index (χ3n) is 6.66. The van der Waals surface area contributed by atoms with Gasteiger partial charge < -0.3 is 24.3 Å². The summed E-state index contributed by atoms with van der Waals surface area (Å²) < 4.78 is 17.9. The largest absolute Gasteiger partial charge is 0.488 e. The molecular weight excluding hydrogens is 454 g/mol. The van der Waals surface area contributed by atoms with E-state index in [0.717, 1.165) is 65.8 Å². The molecule has 2 heterocycles. The molecule has 0 spiro atoms. The summed E-state index contributed by atoms with van der Waals surface area (Å²) in [7, 11) is 0. The van der Waals surface area contributed by atoms with E-state index in [1.165, 1.54) is 5.56 Å². The van der Waals surface area contributed by atoms with Crippen molar-refractivity contribution < 1.29 is 23.8 Å². The number of ether oxygens (including phenoxy) is 2. The van der Waals surface area contributed by atoms with Crippen LogP contribution in [0.4, 0.5) is 5.69 Å². The van der Waals surface area contributed by atoms with E-state index in [1.54, 1.807) is 18.4 Å². The zero-order valence-electron chi connectivity index (χ0n) is 20.5. The van der Waals surface area contributed by atoms with Crippen molar-refractivity contribution in [2.45, 2.75) is 45.3 Å². The lowest BCUT2D eigenvalue weighted by Gasteiger charge is -2.14. The van der Waals surface area contributed by atoms with Crippen LogP contribution in [0, 0.1) is 0 Å². The summed E-state index contributed by atoms with van der Waals surface area (Å²) in [5, 5.41) is 13.8. The molecule has 6 nitrogen and oxygen atoms in total. The number of hydrogen-bond acceptors (Lipinski definition) is 5. The lowest BCUT2D eigenvalue weighted by Crippen LogP contribution is -2.18. The molecule has 4 aromatic rings. The van der Waals surface area contributed by atoms with Gasteiger partial charge in [-0.3, -0.25) is 4.79 Å². The Balaban J connectivity index is 1.48. The summed E-state index contributed by atoms with van der Waals surface area (Å²) in [5.74, 6) is -0.321. The van der Waals surface area contributed by atoms with Crippen LogP contribution in [0.1, 0.15) is 36.5 Å². The molecule has 36 heavy (non-hydrogen) atoms. The van der Waals surface area contributed by atoms with Gasteiger partial charge in [-0.1, -0.05) is 49.4 Å². The second-order valence-corrected chi connectivity index (χ2v) is 9.20. The molecule has 1 fully saturated rings. The summed E-state index contributed by atoms with van der Waals surface area (Å²) >= 11 is 0. The minimum atomic E-state index is -0.888. The van der Waals surface area contributed by atoms with E-state index in [4.69, 9.17) is 13.9 Å². The highest BCUT2D eigenvalue weighted by Crippen LogP contribution is 2.35. The van der Waals surface area contributed by atoms with Crippen LogP contribution < -0.4 is 10.1 Å². The smallest absolute Gasteiger partial charge is 0.307 e. The van der Waals surface area contributed by atoms with Gasteiger partial charge in [0.1, 0.15) is 12.4 Å². The maximum Gasteiger partial charge on any atom is 0.307 e. The molecule has 1 saturated heterocycles.